The summed E-state index contributed by atoms with van der Waals surface area (Å²) >= 11 is 1.54. The van der Waals surface area contributed by atoms with E-state index in [9.17, 15) is 4.79 Å². The molecule has 0 radical (unpaired) electrons. The number of benzene rings is 1. The van der Waals surface area contributed by atoms with Gasteiger partial charge in [-0.3, -0.25) is 9.20 Å². The van der Waals surface area contributed by atoms with Crippen LogP contribution in [0.3, 0.4) is 0 Å². The highest BCUT2D eigenvalue weighted by molar-refractivity contribution is 7.23. The maximum absolute atomic E-state index is 12.6. The molecule has 5 rings (SSSR count). The van der Waals surface area contributed by atoms with E-state index >= 15 is 0 Å². The van der Waals surface area contributed by atoms with Crippen LogP contribution in [0.1, 0.15) is 37.8 Å². The van der Waals surface area contributed by atoms with E-state index in [-0.39, 0.29) is 17.6 Å². The van der Waals surface area contributed by atoms with Crippen molar-refractivity contribution in [2.24, 2.45) is 0 Å². The van der Waals surface area contributed by atoms with Crippen LogP contribution in [0.15, 0.2) is 53.2 Å². The summed E-state index contributed by atoms with van der Waals surface area (Å²) in [6, 6.07) is 13.8. The molecular weight excluding hydrogens is 486 g/mol. The number of fused-ring (bicyclic) bond motifs is 3. The highest BCUT2D eigenvalue weighted by Gasteiger charge is 2.20. The lowest BCUT2D eigenvalue weighted by Gasteiger charge is -2.12. The predicted octanol–water partition coefficient (Wildman–Crippen LogP) is 5.19. The smallest absolute Gasteiger partial charge is 0.214 e. The second kappa shape index (κ2) is 10.1. The maximum Gasteiger partial charge on any atom is 0.214 e. The van der Waals surface area contributed by atoms with Gasteiger partial charge in [-0.05, 0) is 25.7 Å². The molecule has 0 N–H and O–H groups in total. The number of rotatable bonds is 9. The molecule has 0 bridgehead atoms. The van der Waals surface area contributed by atoms with Crippen molar-refractivity contribution in [2.75, 3.05) is 27.2 Å². The molecule has 5 aromatic rings. The van der Waals surface area contributed by atoms with Crippen LogP contribution in [0.25, 0.3) is 26.6 Å². The minimum Gasteiger partial charge on any atom is -0.476 e. The Hall–Kier alpha value is -3.56. The number of ketones is 1. The van der Waals surface area contributed by atoms with E-state index in [0.29, 0.717) is 24.6 Å². The Labute approximate surface area is 219 Å². The number of hydrogen-bond acceptors (Lipinski definition) is 8. The van der Waals surface area contributed by atoms with Gasteiger partial charge in [0.15, 0.2) is 4.96 Å². The number of Topliss-reactive ketones (excluding diaryl/α,β-unsaturated/α-hetero) is 1. The molecule has 0 aliphatic rings. The molecule has 37 heavy (non-hydrogen) atoms. The molecule has 0 amide bonds. The molecule has 0 saturated carbocycles. The van der Waals surface area contributed by atoms with E-state index < -0.39 is 0 Å². The van der Waals surface area contributed by atoms with Crippen LogP contribution in [-0.4, -0.2) is 57.5 Å². The van der Waals surface area contributed by atoms with Crippen molar-refractivity contribution in [3.63, 3.8) is 0 Å². The van der Waals surface area contributed by atoms with Gasteiger partial charge in [-0.1, -0.05) is 61.5 Å². The predicted molar refractivity (Wildman–Crippen MR) is 145 cm³/mol. The molecule has 9 heteroatoms. The topological polar surface area (TPSA) is 85.8 Å². The highest BCUT2D eigenvalue weighted by atomic mass is 32.1. The van der Waals surface area contributed by atoms with Crippen LogP contribution in [0, 0.1) is 0 Å². The van der Waals surface area contributed by atoms with Crippen LogP contribution >= 0.6 is 11.3 Å². The van der Waals surface area contributed by atoms with Crippen LogP contribution in [0.5, 0.6) is 5.88 Å². The molecule has 8 nitrogen and oxygen atoms in total. The Morgan fingerprint density at radius 2 is 1.86 bits per heavy atom. The first kappa shape index (κ1) is 25.1. The molecule has 0 aliphatic carbocycles. The first-order valence-electron chi connectivity index (χ1n) is 12.3. The summed E-state index contributed by atoms with van der Waals surface area (Å²) < 4.78 is 13.2. The van der Waals surface area contributed by atoms with E-state index in [1.807, 2.05) is 62.8 Å². The minimum absolute atomic E-state index is 0.105. The van der Waals surface area contributed by atoms with Gasteiger partial charge < -0.3 is 14.2 Å². The molecule has 0 aliphatic heterocycles. The fraction of sp³-hybridized carbons (Fsp3) is 0.357. The molecule has 0 unspecified atom stereocenters. The normalized spacial score (nSPS) is 12.2. The average Bonchev–Trinajstić information content (AvgIpc) is 3.54. The maximum atomic E-state index is 12.6. The Morgan fingerprint density at radius 1 is 1.08 bits per heavy atom. The minimum atomic E-state index is -0.127. The molecule has 0 fully saturated rings. The highest BCUT2D eigenvalue weighted by Crippen LogP contribution is 2.30. The number of hydrogen-bond donors (Lipinski definition) is 0. The summed E-state index contributed by atoms with van der Waals surface area (Å²) in [6.45, 7) is 7.61. The van der Waals surface area contributed by atoms with Gasteiger partial charge >= 0.3 is 0 Å². The lowest BCUT2D eigenvalue weighted by molar-refractivity contribution is -0.117. The first-order chi connectivity index (χ1) is 17.7. The van der Waals surface area contributed by atoms with Crippen LogP contribution in [0.2, 0.25) is 0 Å². The Balaban J connectivity index is 1.25. The van der Waals surface area contributed by atoms with Crippen LogP contribution < -0.4 is 4.74 Å². The van der Waals surface area contributed by atoms with Crippen molar-refractivity contribution in [2.45, 2.75) is 39.0 Å². The summed E-state index contributed by atoms with van der Waals surface area (Å²) in [5.74, 6) is 1.52. The van der Waals surface area contributed by atoms with Crippen LogP contribution in [0.4, 0.5) is 0 Å². The standard InChI is InChI=1S/C28H31N5O3S/c1-28(2,3)24-16-20(31-36-24)15-21(34)14-18-6-8-19(9-7-18)22-17-33-23-10-11-25(35-13-12-32(4)5)30-26(23)37-27(33)29-22/h6-11,16-17H,12-15H2,1-5H3. The third kappa shape index (κ3) is 5.73. The zero-order valence-electron chi connectivity index (χ0n) is 21.8. The monoisotopic (exact) mass is 517 g/mol. The Kier molecular flexibility index (Phi) is 6.83. The second-order valence-corrected chi connectivity index (χ2v) is 11.5. The summed E-state index contributed by atoms with van der Waals surface area (Å²) in [4.78, 5) is 25.9. The molecule has 4 heterocycles. The van der Waals surface area contributed by atoms with E-state index in [1.165, 1.54) is 11.3 Å². The summed E-state index contributed by atoms with van der Waals surface area (Å²) in [6.07, 6.45) is 2.65. The molecular formula is C28H31N5O3S. The van der Waals surface area contributed by atoms with Crippen molar-refractivity contribution >= 4 is 32.4 Å². The fourth-order valence-electron chi connectivity index (χ4n) is 3.96. The molecule has 4 aromatic heterocycles. The lowest BCUT2D eigenvalue weighted by atomic mass is 9.93. The number of thiazole rings is 1. The van der Waals surface area contributed by atoms with Gasteiger partial charge in [0.25, 0.3) is 0 Å². The third-order valence-electron chi connectivity index (χ3n) is 6.05. The van der Waals surface area contributed by atoms with Crippen molar-refractivity contribution in [3.8, 4) is 17.1 Å². The molecule has 0 atom stereocenters. The van der Waals surface area contributed by atoms with E-state index in [1.54, 1.807) is 0 Å². The Bertz CT molecular complexity index is 1540. The van der Waals surface area contributed by atoms with Crippen molar-refractivity contribution in [3.05, 3.63) is 65.7 Å². The van der Waals surface area contributed by atoms with Crippen molar-refractivity contribution in [1.82, 2.24) is 24.4 Å². The largest absolute Gasteiger partial charge is 0.476 e. The summed E-state index contributed by atoms with van der Waals surface area (Å²) in [5.41, 5.74) is 4.41. The molecule has 0 spiro atoms. The van der Waals surface area contributed by atoms with Gasteiger partial charge in [0.05, 0.1) is 23.3 Å². The van der Waals surface area contributed by atoms with Gasteiger partial charge in [0.1, 0.15) is 23.0 Å². The molecule has 192 valence electrons. The quantitative estimate of drug-likeness (QED) is 0.266. The number of imidazole rings is 1. The summed E-state index contributed by atoms with van der Waals surface area (Å²) in [5, 5.41) is 4.06. The molecule has 0 saturated heterocycles. The number of carbonyl (C=O) groups excluding carboxylic acids is 1. The lowest BCUT2D eigenvalue weighted by Crippen LogP contribution is -2.19. The van der Waals surface area contributed by atoms with Gasteiger partial charge in [0.2, 0.25) is 5.88 Å². The number of pyridine rings is 1. The van der Waals surface area contributed by atoms with Crippen molar-refractivity contribution in [1.29, 1.82) is 0 Å². The van der Waals surface area contributed by atoms with E-state index in [2.05, 4.69) is 40.2 Å². The average molecular weight is 518 g/mol. The van der Waals surface area contributed by atoms with Gasteiger partial charge in [0, 0.05) is 42.3 Å². The Morgan fingerprint density at radius 3 is 2.57 bits per heavy atom. The fourth-order valence-corrected chi connectivity index (χ4v) is 4.93. The SMILES string of the molecule is CN(C)CCOc1ccc2c(n1)sc1nc(-c3ccc(CC(=O)Cc4cc(C(C)(C)C)on4)cc3)cn12. The number of likely N-dealkylation sites (N-methyl/N-ethyl adjacent to an activating group) is 1. The zero-order valence-corrected chi connectivity index (χ0v) is 22.6. The van der Waals surface area contributed by atoms with Crippen LogP contribution in [-0.2, 0) is 23.1 Å². The number of ether oxygens (including phenoxy) is 1. The van der Waals surface area contributed by atoms with Gasteiger partial charge in [-0.15, -0.1) is 0 Å². The summed E-state index contributed by atoms with van der Waals surface area (Å²) in [7, 11) is 4.03. The van der Waals surface area contributed by atoms with E-state index in [0.717, 1.165) is 44.4 Å². The van der Waals surface area contributed by atoms with Crippen molar-refractivity contribution < 1.29 is 14.1 Å². The number of nitrogens with zero attached hydrogens (tertiary/aromatic N) is 5. The number of aromatic nitrogens is 4. The molecule has 1 aromatic carbocycles. The zero-order chi connectivity index (χ0) is 26.2. The van der Waals surface area contributed by atoms with Gasteiger partial charge in [-0.2, -0.15) is 0 Å². The first-order valence-corrected chi connectivity index (χ1v) is 13.1. The van der Waals surface area contributed by atoms with E-state index in [4.69, 9.17) is 14.2 Å². The number of carbonyl (C=O) groups is 1. The third-order valence-corrected chi connectivity index (χ3v) is 7.02. The second-order valence-electron chi connectivity index (χ2n) is 10.5. The van der Waals surface area contributed by atoms with Gasteiger partial charge in [-0.25, -0.2) is 9.97 Å².